The summed E-state index contributed by atoms with van der Waals surface area (Å²) in [6.45, 7) is 6.94. The normalized spacial score (nSPS) is 21.1. The molecule has 5 rings (SSSR count). The van der Waals surface area contributed by atoms with Gasteiger partial charge in [0.05, 0.1) is 22.5 Å². The van der Waals surface area contributed by atoms with Gasteiger partial charge in [-0.25, -0.2) is 4.98 Å². The molecule has 3 fully saturated rings. The van der Waals surface area contributed by atoms with Gasteiger partial charge in [-0.15, -0.1) is 0 Å². The average Bonchev–Trinajstić information content (AvgIpc) is 3.16. The number of aromatic nitrogens is 3. The molecule has 3 aliphatic rings. The number of piperazine rings is 2. The summed E-state index contributed by atoms with van der Waals surface area (Å²) in [5.74, 6) is 1.12. The summed E-state index contributed by atoms with van der Waals surface area (Å²) in [6.07, 6.45) is 5.35. The lowest BCUT2D eigenvalue weighted by molar-refractivity contribution is -0.115. The summed E-state index contributed by atoms with van der Waals surface area (Å²) in [5, 5.41) is 1.95. The molecular weight excluding hydrogens is 440 g/mol. The second-order valence-electron chi connectivity index (χ2n) is 8.28. The molecule has 0 atom stereocenters. The van der Waals surface area contributed by atoms with E-state index in [0.717, 1.165) is 75.6 Å². The van der Waals surface area contributed by atoms with Gasteiger partial charge in [-0.05, 0) is 37.0 Å². The fourth-order valence-electron chi connectivity index (χ4n) is 4.11. The summed E-state index contributed by atoms with van der Waals surface area (Å²) in [6, 6.07) is 5.93. The second kappa shape index (κ2) is 9.36. The van der Waals surface area contributed by atoms with Crippen molar-refractivity contribution in [3.05, 3.63) is 41.2 Å². The monoisotopic (exact) mass is 466 g/mol. The van der Waals surface area contributed by atoms with Gasteiger partial charge in [0.15, 0.2) is 0 Å². The van der Waals surface area contributed by atoms with Crippen LogP contribution < -0.4 is 20.0 Å². The molecule has 0 radical (unpaired) electrons. The van der Waals surface area contributed by atoms with Gasteiger partial charge in [-0.3, -0.25) is 19.9 Å². The molecule has 0 saturated carbocycles. The van der Waals surface area contributed by atoms with Gasteiger partial charge in [0.1, 0.15) is 5.82 Å². The molecule has 3 saturated heterocycles. The summed E-state index contributed by atoms with van der Waals surface area (Å²) < 4.78 is 0. The number of hydrogen-bond donors (Lipinski definition) is 1. The van der Waals surface area contributed by atoms with Crippen LogP contribution in [0.5, 0.6) is 0 Å². The van der Waals surface area contributed by atoms with E-state index in [9.17, 15) is 9.59 Å². The minimum Gasteiger partial charge on any atom is -0.367 e. The Morgan fingerprint density at radius 3 is 2.36 bits per heavy atom. The standard InChI is InChI=1S/C22H26N8O2S/c1-27-5-7-29(8-6-27)19-14-16(13-18-20(31)26-22(32)33-18)24-21(25-19)30-11-9-28(10-12-30)17-3-2-4-23-15-17/h2-4,13-15H,5-12H2,1H3,(H,26,31,32)/b18-13-. The lowest BCUT2D eigenvalue weighted by Gasteiger charge is -2.37. The third kappa shape index (κ3) is 4.93. The number of hydrogen-bond acceptors (Lipinski definition) is 10. The number of thioether (sulfide) groups is 1. The number of rotatable bonds is 4. The first-order valence-electron chi connectivity index (χ1n) is 11.0. The van der Waals surface area contributed by atoms with E-state index in [4.69, 9.17) is 9.97 Å². The molecular formula is C22H26N8O2S. The first kappa shape index (κ1) is 21.7. The van der Waals surface area contributed by atoms with Crippen molar-refractivity contribution in [3.63, 3.8) is 0 Å². The molecule has 172 valence electrons. The zero-order valence-electron chi connectivity index (χ0n) is 18.5. The zero-order chi connectivity index (χ0) is 22.8. The van der Waals surface area contributed by atoms with Crippen molar-refractivity contribution in [2.75, 3.05) is 74.1 Å². The maximum Gasteiger partial charge on any atom is 0.290 e. The number of nitrogens with zero attached hydrogens (tertiary/aromatic N) is 7. The van der Waals surface area contributed by atoms with Gasteiger partial charge in [-0.2, -0.15) is 4.98 Å². The first-order valence-corrected chi connectivity index (χ1v) is 11.8. The molecule has 1 N–H and O–H groups in total. The van der Waals surface area contributed by atoms with Crippen molar-refractivity contribution in [1.82, 2.24) is 25.2 Å². The van der Waals surface area contributed by atoms with E-state index in [1.54, 1.807) is 12.3 Å². The van der Waals surface area contributed by atoms with Crippen LogP contribution in [0.3, 0.4) is 0 Å². The number of amides is 2. The molecule has 0 aliphatic carbocycles. The molecule has 5 heterocycles. The highest BCUT2D eigenvalue weighted by Crippen LogP contribution is 2.28. The van der Waals surface area contributed by atoms with Crippen molar-refractivity contribution in [2.45, 2.75) is 0 Å². The highest BCUT2D eigenvalue weighted by molar-refractivity contribution is 8.18. The van der Waals surface area contributed by atoms with Crippen molar-refractivity contribution < 1.29 is 9.59 Å². The summed E-state index contributed by atoms with van der Waals surface area (Å²) in [7, 11) is 2.12. The number of likely N-dealkylation sites (N-methyl/N-ethyl adjacent to an activating group) is 1. The van der Waals surface area contributed by atoms with E-state index in [0.29, 0.717) is 16.5 Å². The Morgan fingerprint density at radius 2 is 1.70 bits per heavy atom. The molecule has 2 amide bonds. The van der Waals surface area contributed by atoms with Crippen LogP contribution >= 0.6 is 11.8 Å². The van der Waals surface area contributed by atoms with Crippen LogP contribution in [0.1, 0.15) is 5.69 Å². The first-order chi connectivity index (χ1) is 16.0. The molecule has 3 aliphatic heterocycles. The predicted molar refractivity (Wildman–Crippen MR) is 130 cm³/mol. The van der Waals surface area contributed by atoms with Crippen LogP contribution in [-0.2, 0) is 4.79 Å². The Morgan fingerprint density at radius 1 is 0.970 bits per heavy atom. The van der Waals surface area contributed by atoms with Gasteiger partial charge >= 0.3 is 0 Å². The SMILES string of the molecule is CN1CCN(c2cc(/C=C3\SC(=O)NC3=O)nc(N3CCN(c4cccnc4)CC3)n2)CC1. The van der Waals surface area contributed by atoms with Gasteiger partial charge in [0.25, 0.3) is 11.1 Å². The maximum absolute atomic E-state index is 12.1. The molecule has 0 unspecified atom stereocenters. The van der Waals surface area contributed by atoms with Crippen LogP contribution in [0.4, 0.5) is 22.2 Å². The molecule has 0 aromatic carbocycles. The molecule has 2 aromatic heterocycles. The smallest absolute Gasteiger partial charge is 0.290 e. The minimum atomic E-state index is -0.378. The third-order valence-corrected chi connectivity index (χ3v) is 6.85. The number of anilines is 3. The number of carbonyl (C=O) groups is 2. The van der Waals surface area contributed by atoms with Gasteiger partial charge in [-0.1, -0.05) is 0 Å². The maximum atomic E-state index is 12.1. The Balaban J connectivity index is 1.40. The zero-order valence-corrected chi connectivity index (χ0v) is 19.3. The van der Waals surface area contributed by atoms with Crippen LogP contribution in [0.25, 0.3) is 6.08 Å². The van der Waals surface area contributed by atoms with E-state index in [-0.39, 0.29) is 11.1 Å². The van der Waals surface area contributed by atoms with Gasteiger partial charge in [0.2, 0.25) is 5.95 Å². The van der Waals surface area contributed by atoms with E-state index >= 15 is 0 Å². The number of imide groups is 1. The van der Waals surface area contributed by atoms with Crippen molar-refractivity contribution >= 4 is 46.4 Å². The van der Waals surface area contributed by atoms with Crippen molar-refractivity contribution in [3.8, 4) is 0 Å². The minimum absolute atomic E-state index is 0.355. The fourth-order valence-corrected chi connectivity index (χ4v) is 4.78. The summed E-state index contributed by atoms with van der Waals surface area (Å²) in [4.78, 5) is 46.9. The third-order valence-electron chi connectivity index (χ3n) is 6.04. The fraction of sp³-hybridized carbons (Fsp3) is 0.409. The van der Waals surface area contributed by atoms with E-state index in [1.165, 1.54) is 0 Å². The number of carbonyl (C=O) groups excluding carboxylic acids is 2. The highest BCUT2D eigenvalue weighted by atomic mass is 32.2. The van der Waals surface area contributed by atoms with Crippen LogP contribution in [0.2, 0.25) is 0 Å². The summed E-state index contributed by atoms with van der Waals surface area (Å²) >= 11 is 0.904. The quantitative estimate of drug-likeness (QED) is 0.664. The molecule has 0 spiro atoms. The Hall–Kier alpha value is -3.18. The van der Waals surface area contributed by atoms with E-state index in [2.05, 4.69) is 43.0 Å². The van der Waals surface area contributed by atoms with Crippen molar-refractivity contribution in [2.24, 2.45) is 0 Å². The molecule has 11 heteroatoms. The van der Waals surface area contributed by atoms with Crippen LogP contribution in [-0.4, -0.2) is 90.4 Å². The Bertz CT molecular complexity index is 1060. The van der Waals surface area contributed by atoms with E-state index < -0.39 is 0 Å². The van der Waals surface area contributed by atoms with Crippen molar-refractivity contribution in [1.29, 1.82) is 0 Å². The molecule has 0 bridgehead atoms. The lowest BCUT2D eigenvalue weighted by atomic mass is 10.2. The van der Waals surface area contributed by atoms with Crippen LogP contribution in [0.15, 0.2) is 35.5 Å². The number of nitrogens with one attached hydrogen (secondary N) is 1. The Kier molecular flexibility index (Phi) is 6.14. The second-order valence-corrected chi connectivity index (χ2v) is 9.29. The van der Waals surface area contributed by atoms with Gasteiger partial charge < -0.3 is 19.6 Å². The average molecular weight is 467 g/mol. The van der Waals surface area contributed by atoms with Crippen LogP contribution in [0, 0.1) is 0 Å². The van der Waals surface area contributed by atoms with E-state index in [1.807, 2.05) is 18.3 Å². The molecule has 2 aromatic rings. The molecule has 33 heavy (non-hydrogen) atoms. The number of pyridine rings is 1. The Labute approximate surface area is 196 Å². The van der Waals surface area contributed by atoms with Gasteiger partial charge in [0, 0.05) is 64.6 Å². The topological polar surface area (TPSA) is 97.8 Å². The highest BCUT2D eigenvalue weighted by Gasteiger charge is 2.27. The predicted octanol–water partition coefficient (Wildman–Crippen LogP) is 1.27. The lowest BCUT2D eigenvalue weighted by Crippen LogP contribution is -2.47. The largest absolute Gasteiger partial charge is 0.367 e. The summed E-state index contributed by atoms with van der Waals surface area (Å²) in [5.41, 5.74) is 1.75. The molecule has 10 nitrogen and oxygen atoms in total.